The second kappa shape index (κ2) is 6.87. The summed E-state index contributed by atoms with van der Waals surface area (Å²) in [6, 6.07) is 0.421. The zero-order valence-electron chi connectivity index (χ0n) is 12.9. The standard InChI is InChI=1S/C15H29N3O2/c1-12(2)13(18-7-3-4-8-18)11-17-14(19)15(16)5-9-20-10-6-15/h12-13H,3-11,16H2,1-2H3,(H,17,19). The van der Waals surface area contributed by atoms with Crippen molar-refractivity contribution in [3.63, 3.8) is 0 Å². The minimum atomic E-state index is -0.731. The van der Waals surface area contributed by atoms with Gasteiger partial charge in [0, 0.05) is 25.8 Å². The zero-order valence-corrected chi connectivity index (χ0v) is 12.9. The van der Waals surface area contributed by atoms with Crippen LogP contribution in [0.25, 0.3) is 0 Å². The van der Waals surface area contributed by atoms with Gasteiger partial charge in [0.25, 0.3) is 0 Å². The molecule has 1 atom stereocenters. The molecule has 5 nitrogen and oxygen atoms in total. The fraction of sp³-hybridized carbons (Fsp3) is 0.933. The molecule has 0 radical (unpaired) electrons. The maximum absolute atomic E-state index is 12.4. The lowest BCUT2D eigenvalue weighted by atomic mass is 9.90. The van der Waals surface area contributed by atoms with E-state index in [0.29, 0.717) is 44.6 Å². The Morgan fingerprint density at radius 2 is 1.90 bits per heavy atom. The van der Waals surface area contributed by atoms with E-state index in [1.165, 1.54) is 12.8 Å². The molecule has 0 spiro atoms. The summed E-state index contributed by atoms with van der Waals surface area (Å²) in [5.74, 6) is 0.530. The van der Waals surface area contributed by atoms with Gasteiger partial charge in [0.2, 0.25) is 5.91 Å². The van der Waals surface area contributed by atoms with Crippen molar-refractivity contribution in [3.05, 3.63) is 0 Å². The zero-order chi connectivity index (χ0) is 14.6. The first-order valence-corrected chi connectivity index (χ1v) is 7.92. The van der Waals surface area contributed by atoms with E-state index in [2.05, 4.69) is 24.1 Å². The highest BCUT2D eigenvalue weighted by atomic mass is 16.5. The van der Waals surface area contributed by atoms with E-state index in [4.69, 9.17) is 10.5 Å². The number of hydrogen-bond acceptors (Lipinski definition) is 4. The number of nitrogens with zero attached hydrogens (tertiary/aromatic N) is 1. The Bertz CT molecular complexity index is 321. The average Bonchev–Trinajstić information content (AvgIpc) is 2.93. The van der Waals surface area contributed by atoms with Gasteiger partial charge in [-0.25, -0.2) is 0 Å². The molecule has 0 bridgehead atoms. The van der Waals surface area contributed by atoms with Crippen molar-refractivity contribution in [2.75, 3.05) is 32.8 Å². The smallest absolute Gasteiger partial charge is 0.240 e. The summed E-state index contributed by atoms with van der Waals surface area (Å²) in [5, 5.41) is 3.09. The van der Waals surface area contributed by atoms with Crippen molar-refractivity contribution in [1.82, 2.24) is 10.2 Å². The van der Waals surface area contributed by atoms with Gasteiger partial charge in [-0.2, -0.15) is 0 Å². The Morgan fingerprint density at radius 3 is 2.45 bits per heavy atom. The first-order chi connectivity index (χ1) is 9.53. The minimum Gasteiger partial charge on any atom is -0.381 e. The van der Waals surface area contributed by atoms with E-state index in [9.17, 15) is 4.79 Å². The van der Waals surface area contributed by atoms with E-state index in [0.717, 1.165) is 13.1 Å². The molecule has 2 aliphatic heterocycles. The van der Waals surface area contributed by atoms with Gasteiger partial charge in [-0.15, -0.1) is 0 Å². The normalized spacial score (nSPS) is 24.8. The van der Waals surface area contributed by atoms with E-state index >= 15 is 0 Å². The summed E-state index contributed by atoms with van der Waals surface area (Å²) in [5.41, 5.74) is 5.48. The van der Waals surface area contributed by atoms with Crippen LogP contribution in [0.15, 0.2) is 0 Å². The van der Waals surface area contributed by atoms with Crippen LogP contribution in [-0.2, 0) is 9.53 Å². The number of hydrogen-bond donors (Lipinski definition) is 2. The van der Waals surface area contributed by atoms with Crippen LogP contribution >= 0.6 is 0 Å². The Labute approximate surface area is 122 Å². The van der Waals surface area contributed by atoms with Crippen molar-refractivity contribution >= 4 is 5.91 Å². The third-order valence-corrected chi connectivity index (χ3v) is 4.69. The molecular formula is C15H29N3O2. The monoisotopic (exact) mass is 283 g/mol. The number of carbonyl (C=O) groups is 1. The van der Waals surface area contributed by atoms with Crippen LogP contribution in [0.4, 0.5) is 0 Å². The van der Waals surface area contributed by atoms with Crippen LogP contribution in [0.5, 0.6) is 0 Å². The fourth-order valence-electron chi connectivity index (χ4n) is 3.20. The molecule has 20 heavy (non-hydrogen) atoms. The van der Waals surface area contributed by atoms with Crippen LogP contribution in [0.1, 0.15) is 39.5 Å². The minimum absolute atomic E-state index is 0.00866. The van der Waals surface area contributed by atoms with Crippen LogP contribution in [0.3, 0.4) is 0 Å². The van der Waals surface area contributed by atoms with Crippen LogP contribution in [0, 0.1) is 5.92 Å². The molecule has 0 aromatic heterocycles. The molecule has 2 saturated heterocycles. The maximum Gasteiger partial charge on any atom is 0.240 e. The highest BCUT2D eigenvalue weighted by Crippen LogP contribution is 2.19. The molecule has 2 heterocycles. The number of amides is 1. The summed E-state index contributed by atoms with van der Waals surface area (Å²) in [6.45, 7) is 8.63. The van der Waals surface area contributed by atoms with Gasteiger partial charge in [-0.3, -0.25) is 9.69 Å². The first-order valence-electron chi connectivity index (χ1n) is 7.92. The SMILES string of the molecule is CC(C)C(CNC(=O)C1(N)CCOCC1)N1CCCC1. The van der Waals surface area contributed by atoms with Crippen LogP contribution < -0.4 is 11.1 Å². The third kappa shape index (κ3) is 3.71. The predicted octanol–water partition coefficient (Wildman–Crippen LogP) is 0.731. The predicted molar refractivity (Wildman–Crippen MR) is 79.4 cm³/mol. The van der Waals surface area contributed by atoms with Gasteiger partial charge >= 0.3 is 0 Å². The summed E-state index contributed by atoms with van der Waals surface area (Å²) in [4.78, 5) is 14.8. The van der Waals surface area contributed by atoms with Crippen molar-refractivity contribution in [2.45, 2.75) is 51.1 Å². The van der Waals surface area contributed by atoms with Gasteiger partial charge in [-0.05, 0) is 44.7 Å². The number of ether oxygens (including phenoxy) is 1. The van der Waals surface area contributed by atoms with Crippen molar-refractivity contribution < 1.29 is 9.53 Å². The molecule has 0 aromatic carbocycles. The van der Waals surface area contributed by atoms with Gasteiger partial charge < -0.3 is 15.8 Å². The first kappa shape index (κ1) is 15.7. The van der Waals surface area contributed by atoms with E-state index in [1.807, 2.05) is 0 Å². The summed E-state index contributed by atoms with van der Waals surface area (Å²) in [7, 11) is 0. The Morgan fingerprint density at radius 1 is 1.30 bits per heavy atom. The summed E-state index contributed by atoms with van der Waals surface area (Å²) < 4.78 is 5.29. The molecule has 0 aliphatic carbocycles. The number of rotatable bonds is 5. The van der Waals surface area contributed by atoms with Crippen molar-refractivity contribution in [2.24, 2.45) is 11.7 Å². The summed E-state index contributed by atoms with van der Waals surface area (Å²) in [6.07, 6.45) is 3.79. The van der Waals surface area contributed by atoms with Gasteiger partial charge in [0.05, 0.1) is 5.54 Å². The topological polar surface area (TPSA) is 67.6 Å². The molecule has 5 heteroatoms. The molecular weight excluding hydrogens is 254 g/mol. The van der Waals surface area contributed by atoms with Gasteiger partial charge in [0.15, 0.2) is 0 Å². The van der Waals surface area contributed by atoms with Crippen LogP contribution in [-0.4, -0.2) is 55.2 Å². The number of carbonyl (C=O) groups excluding carboxylic acids is 1. The fourth-order valence-corrected chi connectivity index (χ4v) is 3.20. The second-order valence-electron chi connectivity index (χ2n) is 6.53. The molecule has 3 N–H and O–H groups in total. The molecule has 0 aromatic rings. The average molecular weight is 283 g/mol. The molecule has 116 valence electrons. The Hall–Kier alpha value is -0.650. The van der Waals surface area contributed by atoms with Crippen LogP contribution in [0.2, 0.25) is 0 Å². The van der Waals surface area contributed by atoms with E-state index in [1.54, 1.807) is 0 Å². The molecule has 2 rings (SSSR count). The number of nitrogens with two attached hydrogens (primary N) is 1. The van der Waals surface area contributed by atoms with Crippen molar-refractivity contribution in [1.29, 1.82) is 0 Å². The highest BCUT2D eigenvalue weighted by Gasteiger charge is 2.36. The lowest BCUT2D eigenvalue weighted by molar-refractivity contribution is -0.130. The molecule has 0 saturated carbocycles. The maximum atomic E-state index is 12.4. The van der Waals surface area contributed by atoms with Gasteiger partial charge in [-0.1, -0.05) is 13.8 Å². The van der Waals surface area contributed by atoms with E-state index in [-0.39, 0.29) is 5.91 Å². The molecule has 2 fully saturated rings. The largest absolute Gasteiger partial charge is 0.381 e. The quantitative estimate of drug-likeness (QED) is 0.780. The Balaban J connectivity index is 1.86. The van der Waals surface area contributed by atoms with E-state index < -0.39 is 5.54 Å². The van der Waals surface area contributed by atoms with Gasteiger partial charge in [0.1, 0.15) is 0 Å². The molecule has 1 unspecified atom stereocenters. The number of nitrogens with one attached hydrogen (secondary N) is 1. The molecule has 2 aliphatic rings. The lowest BCUT2D eigenvalue weighted by Gasteiger charge is -2.35. The summed E-state index contributed by atoms with van der Waals surface area (Å²) >= 11 is 0. The van der Waals surface area contributed by atoms with Crippen molar-refractivity contribution in [3.8, 4) is 0 Å². The highest BCUT2D eigenvalue weighted by molar-refractivity contribution is 5.86. The Kier molecular flexibility index (Phi) is 5.41. The number of likely N-dealkylation sites (tertiary alicyclic amines) is 1. The lowest BCUT2D eigenvalue weighted by Crippen LogP contribution is -2.58. The molecule has 1 amide bonds. The second-order valence-corrected chi connectivity index (χ2v) is 6.53. The third-order valence-electron chi connectivity index (χ3n) is 4.69.